The molecule has 2 rings (SSSR count). The maximum Gasteiger partial charge on any atom is 0.148 e. The molecule has 0 aliphatic heterocycles. The lowest BCUT2D eigenvalue weighted by atomic mass is 9.78. The molecule has 0 atom stereocenters. The molecule has 0 spiro atoms. The molecule has 0 radical (unpaired) electrons. The topological polar surface area (TPSA) is 40.5 Å². The number of phenolic OH excluding ortho intramolecular Hbond substituents is 2. The Bertz CT molecular complexity index is 609. The molecule has 112 valence electrons. The summed E-state index contributed by atoms with van der Waals surface area (Å²) in [7, 11) is 0. The van der Waals surface area contributed by atoms with Gasteiger partial charge in [0.1, 0.15) is 11.5 Å². The minimum atomic E-state index is -0.363. The molecular weight excluding hydrogens is 487 g/mol. The van der Waals surface area contributed by atoms with E-state index in [2.05, 4.69) is 47.8 Å². The van der Waals surface area contributed by atoms with Crippen molar-refractivity contribution in [3.63, 3.8) is 0 Å². The minimum Gasteiger partial charge on any atom is -0.506 e. The molecule has 0 saturated carbocycles. The van der Waals surface area contributed by atoms with Crippen molar-refractivity contribution in [2.75, 3.05) is 0 Å². The Kier molecular flexibility index (Phi) is 4.98. The molecule has 0 unspecified atom stereocenters. The summed E-state index contributed by atoms with van der Waals surface area (Å²) in [6.07, 6.45) is 0. The highest BCUT2D eigenvalue weighted by Crippen LogP contribution is 2.43. The van der Waals surface area contributed by atoms with E-state index >= 15 is 0 Å². The minimum absolute atomic E-state index is 0.0317. The number of aromatic hydroxyl groups is 2. The van der Waals surface area contributed by atoms with Crippen molar-refractivity contribution >= 4 is 59.4 Å². The fraction of sp³-hybridized carbons (Fsp3) is 0.200. The van der Waals surface area contributed by atoms with E-state index in [1.807, 2.05) is 32.0 Å². The highest BCUT2D eigenvalue weighted by molar-refractivity contribution is 9.11. The van der Waals surface area contributed by atoms with Crippen molar-refractivity contribution in [3.05, 3.63) is 53.8 Å². The predicted molar refractivity (Wildman–Crippen MR) is 96.5 cm³/mol. The standard InChI is InChI=1S/C15H12Br3ClO2/c1-15(2,7-3-9(16)13(20)10(17)4-7)8-5-11(18)14(21)12(19)6-8/h3-6,20-21H,1-2H3. The number of phenols is 2. The van der Waals surface area contributed by atoms with E-state index in [0.29, 0.717) is 18.4 Å². The molecule has 2 N–H and O–H groups in total. The van der Waals surface area contributed by atoms with Crippen LogP contribution in [0, 0.1) is 0 Å². The van der Waals surface area contributed by atoms with Gasteiger partial charge in [-0.25, -0.2) is 0 Å². The lowest BCUT2D eigenvalue weighted by Gasteiger charge is -2.27. The van der Waals surface area contributed by atoms with Gasteiger partial charge in [0.2, 0.25) is 0 Å². The molecule has 2 aromatic carbocycles. The first-order valence-electron chi connectivity index (χ1n) is 6.01. The molecular formula is C15H12Br3ClO2. The van der Waals surface area contributed by atoms with Crippen LogP contribution >= 0.6 is 59.4 Å². The molecule has 0 saturated heterocycles. The van der Waals surface area contributed by atoms with Gasteiger partial charge in [0.25, 0.3) is 0 Å². The Balaban J connectivity index is 2.61. The second kappa shape index (κ2) is 6.11. The Labute approximate surface area is 153 Å². The van der Waals surface area contributed by atoms with Crippen LogP contribution in [0.1, 0.15) is 25.0 Å². The molecule has 0 aliphatic rings. The molecule has 2 aromatic rings. The molecule has 6 heteroatoms. The van der Waals surface area contributed by atoms with Crippen molar-refractivity contribution in [2.24, 2.45) is 0 Å². The van der Waals surface area contributed by atoms with Crippen LogP contribution in [0.2, 0.25) is 5.02 Å². The van der Waals surface area contributed by atoms with Crippen LogP contribution in [0.25, 0.3) is 0 Å². The summed E-state index contributed by atoms with van der Waals surface area (Å²) in [5.41, 5.74) is 1.58. The third-order valence-corrected chi connectivity index (χ3v) is 5.58. The van der Waals surface area contributed by atoms with Gasteiger partial charge in [-0.3, -0.25) is 0 Å². The monoisotopic (exact) mass is 496 g/mol. The fourth-order valence-electron chi connectivity index (χ4n) is 2.02. The average molecular weight is 499 g/mol. The molecule has 0 fully saturated rings. The van der Waals surface area contributed by atoms with E-state index in [-0.39, 0.29) is 16.9 Å². The van der Waals surface area contributed by atoms with Gasteiger partial charge in [0, 0.05) is 5.41 Å². The van der Waals surface area contributed by atoms with Gasteiger partial charge in [0.05, 0.1) is 18.4 Å². The molecule has 0 heterocycles. The second-order valence-corrected chi connectivity index (χ2v) is 8.17. The fourth-order valence-corrected chi connectivity index (χ4v) is 4.00. The van der Waals surface area contributed by atoms with Gasteiger partial charge >= 0.3 is 0 Å². The van der Waals surface area contributed by atoms with Crippen LogP contribution in [0.4, 0.5) is 0 Å². The van der Waals surface area contributed by atoms with E-state index in [1.165, 1.54) is 0 Å². The summed E-state index contributed by atoms with van der Waals surface area (Å²) in [5.74, 6) is 0.198. The maximum absolute atomic E-state index is 9.84. The number of halogens is 4. The van der Waals surface area contributed by atoms with Gasteiger partial charge in [-0.05, 0) is 83.2 Å². The van der Waals surface area contributed by atoms with E-state index in [0.717, 1.165) is 11.1 Å². The number of rotatable bonds is 2. The van der Waals surface area contributed by atoms with Crippen molar-refractivity contribution in [3.8, 4) is 11.5 Å². The molecule has 0 amide bonds. The van der Waals surface area contributed by atoms with Crippen molar-refractivity contribution in [1.82, 2.24) is 0 Å². The summed E-state index contributed by atoms with van der Waals surface area (Å²) in [6.45, 7) is 4.10. The third kappa shape index (κ3) is 3.26. The van der Waals surface area contributed by atoms with Gasteiger partial charge < -0.3 is 10.2 Å². The van der Waals surface area contributed by atoms with Crippen LogP contribution in [0.15, 0.2) is 37.7 Å². The van der Waals surface area contributed by atoms with Crippen molar-refractivity contribution in [1.29, 1.82) is 0 Å². The van der Waals surface area contributed by atoms with E-state index in [1.54, 1.807) is 6.07 Å². The Morgan fingerprint density at radius 1 is 0.810 bits per heavy atom. The zero-order valence-corrected chi connectivity index (χ0v) is 16.7. The molecule has 0 aromatic heterocycles. The lowest BCUT2D eigenvalue weighted by Crippen LogP contribution is -2.19. The van der Waals surface area contributed by atoms with Crippen LogP contribution in [0.3, 0.4) is 0 Å². The Morgan fingerprint density at radius 3 is 1.62 bits per heavy atom. The Hall–Kier alpha value is -0.230. The second-order valence-electron chi connectivity index (χ2n) is 5.20. The lowest BCUT2D eigenvalue weighted by molar-refractivity contribution is 0.467. The summed E-state index contributed by atoms with van der Waals surface area (Å²) < 4.78 is 1.78. The summed E-state index contributed by atoms with van der Waals surface area (Å²) >= 11 is 16.1. The summed E-state index contributed by atoms with van der Waals surface area (Å²) in [5, 5.41) is 19.9. The number of benzene rings is 2. The SMILES string of the molecule is CC(C)(c1cc(Cl)c(O)c(Br)c1)c1cc(Br)c(O)c(Br)c1. The maximum atomic E-state index is 9.84. The zero-order chi connectivity index (χ0) is 15.9. The Morgan fingerprint density at radius 2 is 1.19 bits per heavy atom. The van der Waals surface area contributed by atoms with Gasteiger partial charge in [-0.1, -0.05) is 25.4 Å². The number of hydrogen-bond donors (Lipinski definition) is 2. The summed E-state index contributed by atoms with van der Waals surface area (Å²) in [6, 6.07) is 7.33. The van der Waals surface area contributed by atoms with E-state index in [9.17, 15) is 10.2 Å². The highest BCUT2D eigenvalue weighted by Gasteiger charge is 2.26. The van der Waals surface area contributed by atoms with Crippen molar-refractivity contribution < 1.29 is 10.2 Å². The third-order valence-electron chi connectivity index (χ3n) is 3.48. The van der Waals surface area contributed by atoms with E-state index < -0.39 is 0 Å². The first-order valence-corrected chi connectivity index (χ1v) is 8.77. The van der Waals surface area contributed by atoms with Crippen LogP contribution < -0.4 is 0 Å². The van der Waals surface area contributed by atoms with Gasteiger partial charge in [0.15, 0.2) is 0 Å². The van der Waals surface area contributed by atoms with Crippen LogP contribution in [-0.4, -0.2) is 10.2 Å². The normalized spacial score (nSPS) is 11.7. The summed E-state index contributed by atoms with van der Waals surface area (Å²) in [4.78, 5) is 0. The average Bonchev–Trinajstić information content (AvgIpc) is 2.40. The van der Waals surface area contributed by atoms with Crippen LogP contribution in [-0.2, 0) is 5.41 Å². The molecule has 21 heavy (non-hydrogen) atoms. The first kappa shape index (κ1) is 17.1. The van der Waals surface area contributed by atoms with Gasteiger partial charge in [-0.15, -0.1) is 0 Å². The zero-order valence-electron chi connectivity index (χ0n) is 11.2. The van der Waals surface area contributed by atoms with E-state index in [4.69, 9.17) is 11.6 Å². The quantitative estimate of drug-likeness (QED) is 0.505. The predicted octanol–water partition coefficient (Wildman–Crippen LogP) is 6.36. The molecule has 0 bridgehead atoms. The van der Waals surface area contributed by atoms with Crippen molar-refractivity contribution in [2.45, 2.75) is 19.3 Å². The van der Waals surface area contributed by atoms with Crippen LogP contribution in [0.5, 0.6) is 11.5 Å². The molecule has 0 aliphatic carbocycles. The molecule has 2 nitrogen and oxygen atoms in total. The largest absolute Gasteiger partial charge is 0.506 e. The first-order chi connectivity index (χ1) is 9.64. The highest BCUT2D eigenvalue weighted by atomic mass is 79.9. The number of hydrogen-bond acceptors (Lipinski definition) is 2. The smallest absolute Gasteiger partial charge is 0.148 e. The van der Waals surface area contributed by atoms with Gasteiger partial charge in [-0.2, -0.15) is 0 Å².